The van der Waals surface area contributed by atoms with E-state index in [9.17, 15) is 4.79 Å². The van der Waals surface area contributed by atoms with Gasteiger partial charge in [0, 0.05) is 21.1 Å². The lowest BCUT2D eigenvalue weighted by atomic mass is 10.1. The number of nitrogens with zero attached hydrogens (tertiary/aromatic N) is 3. The first-order chi connectivity index (χ1) is 7.26. The lowest BCUT2D eigenvalue weighted by molar-refractivity contribution is 0.112. The van der Waals surface area contributed by atoms with Crippen molar-refractivity contribution in [3.05, 3.63) is 44.8 Å². The molecule has 1 rings (SSSR count). The van der Waals surface area contributed by atoms with Gasteiger partial charge in [0.15, 0.2) is 0 Å². The molecule has 0 saturated carbocycles. The minimum atomic E-state index is 0.0967. The highest BCUT2D eigenvalue weighted by molar-refractivity contribution is 6.31. The second kappa shape index (κ2) is 5.71. The van der Waals surface area contributed by atoms with E-state index in [1.807, 2.05) is 0 Å². The van der Waals surface area contributed by atoms with Gasteiger partial charge in [-0.25, -0.2) is 0 Å². The molecule has 0 saturated heterocycles. The van der Waals surface area contributed by atoms with Gasteiger partial charge in [-0.3, -0.25) is 4.79 Å². The number of halogens is 1. The molecule has 0 amide bonds. The van der Waals surface area contributed by atoms with Gasteiger partial charge >= 0.3 is 0 Å². The van der Waals surface area contributed by atoms with E-state index in [0.29, 0.717) is 22.4 Å². The fraction of sp³-hybridized carbons (Fsp3) is 0.100. The van der Waals surface area contributed by atoms with Crippen LogP contribution in [0.25, 0.3) is 10.4 Å². The van der Waals surface area contributed by atoms with Crippen molar-refractivity contribution in [2.24, 2.45) is 5.11 Å². The summed E-state index contributed by atoms with van der Waals surface area (Å²) in [6.45, 7) is 0.0967. The quantitative estimate of drug-likeness (QED) is 0.248. The Kier molecular flexibility index (Phi) is 4.24. The number of carbonyl (C=O) groups is 1. The lowest BCUT2D eigenvalue weighted by Gasteiger charge is -1.94. The normalized spacial score (nSPS) is 8.33. The van der Waals surface area contributed by atoms with Crippen molar-refractivity contribution in [2.45, 2.75) is 0 Å². The smallest absolute Gasteiger partial charge is 0.150 e. The van der Waals surface area contributed by atoms with E-state index in [0.717, 1.165) is 0 Å². The Morgan fingerprint density at radius 2 is 2.33 bits per heavy atom. The molecule has 0 heterocycles. The van der Waals surface area contributed by atoms with Gasteiger partial charge < -0.3 is 0 Å². The van der Waals surface area contributed by atoms with Crippen molar-refractivity contribution < 1.29 is 4.79 Å². The Morgan fingerprint density at radius 3 is 3.00 bits per heavy atom. The first-order valence-electron chi connectivity index (χ1n) is 4.02. The predicted octanol–water partition coefficient (Wildman–Crippen LogP) is 2.81. The van der Waals surface area contributed by atoms with Crippen LogP contribution in [0.4, 0.5) is 0 Å². The Bertz CT molecular complexity index is 481. The van der Waals surface area contributed by atoms with Crippen LogP contribution in [-0.4, -0.2) is 12.8 Å². The number of aldehydes is 1. The third kappa shape index (κ3) is 3.74. The summed E-state index contributed by atoms with van der Waals surface area (Å²) >= 11 is 5.76. The maximum atomic E-state index is 10.5. The fourth-order valence-corrected chi connectivity index (χ4v) is 1.20. The molecule has 74 valence electrons. The van der Waals surface area contributed by atoms with Crippen LogP contribution in [0, 0.1) is 11.8 Å². The van der Waals surface area contributed by atoms with Gasteiger partial charge in [0.25, 0.3) is 0 Å². The summed E-state index contributed by atoms with van der Waals surface area (Å²) in [5, 5.41) is 3.71. The van der Waals surface area contributed by atoms with Crippen molar-refractivity contribution >= 4 is 17.9 Å². The highest BCUT2D eigenvalue weighted by Gasteiger charge is 1.95. The van der Waals surface area contributed by atoms with E-state index >= 15 is 0 Å². The monoisotopic (exact) mass is 219 g/mol. The number of azide groups is 1. The summed E-state index contributed by atoms with van der Waals surface area (Å²) in [4.78, 5) is 13.1. The summed E-state index contributed by atoms with van der Waals surface area (Å²) in [5.41, 5.74) is 9.10. The molecule has 0 spiro atoms. The molecular weight excluding hydrogens is 214 g/mol. The Hall–Kier alpha value is -1.95. The van der Waals surface area contributed by atoms with Gasteiger partial charge in [-0.1, -0.05) is 28.6 Å². The molecule has 0 unspecified atom stereocenters. The molecule has 0 bridgehead atoms. The summed E-state index contributed by atoms with van der Waals surface area (Å²) in [5.74, 6) is 5.37. The third-order valence-electron chi connectivity index (χ3n) is 1.50. The summed E-state index contributed by atoms with van der Waals surface area (Å²) in [6, 6.07) is 4.80. The van der Waals surface area contributed by atoms with Crippen LogP contribution in [0.1, 0.15) is 15.9 Å². The number of benzene rings is 1. The van der Waals surface area contributed by atoms with Crippen molar-refractivity contribution in [3.63, 3.8) is 0 Å². The SMILES string of the molecule is [N-]=[N+]=NCC#Cc1cc(Cl)cc(C=O)c1. The van der Waals surface area contributed by atoms with Crippen LogP contribution in [0.15, 0.2) is 23.3 Å². The zero-order chi connectivity index (χ0) is 11.1. The topological polar surface area (TPSA) is 65.8 Å². The molecule has 0 radical (unpaired) electrons. The summed E-state index contributed by atoms with van der Waals surface area (Å²) in [7, 11) is 0. The van der Waals surface area contributed by atoms with Crippen LogP contribution in [0.3, 0.4) is 0 Å². The average Bonchev–Trinajstić information content (AvgIpc) is 2.23. The molecule has 0 aliphatic carbocycles. The molecular formula is C10H6ClN3O. The Morgan fingerprint density at radius 1 is 1.53 bits per heavy atom. The molecule has 1 aromatic rings. The van der Waals surface area contributed by atoms with Crippen molar-refractivity contribution in [1.82, 2.24) is 0 Å². The molecule has 4 nitrogen and oxygen atoms in total. The Balaban J connectivity index is 2.92. The van der Waals surface area contributed by atoms with E-state index in [1.54, 1.807) is 18.2 Å². The van der Waals surface area contributed by atoms with Gasteiger partial charge in [-0.05, 0) is 23.7 Å². The van der Waals surface area contributed by atoms with Gasteiger partial charge in [-0.15, -0.1) is 0 Å². The summed E-state index contributed by atoms with van der Waals surface area (Å²) < 4.78 is 0. The average molecular weight is 220 g/mol. The Labute approximate surface area is 91.5 Å². The van der Waals surface area contributed by atoms with Gasteiger partial charge in [-0.2, -0.15) is 0 Å². The van der Waals surface area contributed by atoms with Gasteiger partial charge in [0.05, 0.1) is 6.54 Å². The predicted molar refractivity (Wildman–Crippen MR) is 57.7 cm³/mol. The van der Waals surface area contributed by atoms with E-state index in [-0.39, 0.29) is 6.54 Å². The third-order valence-corrected chi connectivity index (χ3v) is 1.72. The van der Waals surface area contributed by atoms with Crippen LogP contribution in [-0.2, 0) is 0 Å². The molecule has 5 heteroatoms. The highest BCUT2D eigenvalue weighted by atomic mass is 35.5. The number of carbonyl (C=O) groups excluding carboxylic acids is 1. The summed E-state index contributed by atoms with van der Waals surface area (Å²) in [6.07, 6.45) is 0.699. The van der Waals surface area contributed by atoms with Crippen molar-refractivity contribution in [3.8, 4) is 11.8 Å². The van der Waals surface area contributed by atoms with Gasteiger partial charge in [0.1, 0.15) is 6.29 Å². The van der Waals surface area contributed by atoms with E-state index < -0.39 is 0 Å². The molecule has 15 heavy (non-hydrogen) atoms. The molecule has 0 fully saturated rings. The fourth-order valence-electron chi connectivity index (χ4n) is 0.961. The lowest BCUT2D eigenvalue weighted by Crippen LogP contribution is -1.83. The van der Waals surface area contributed by atoms with Crippen molar-refractivity contribution in [2.75, 3.05) is 6.54 Å². The first-order valence-corrected chi connectivity index (χ1v) is 4.39. The van der Waals surface area contributed by atoms with E-state index in [1.165, 1.54) is 0 Å². The van der Waals surface area contributed by atoms with Crippen LogP contribution in [0.5, 0.6) is 0 Å². The van der Waals surface area contributed by atoms with Crippen LogP contribution < -0.4 is 0 Å². The maximum absolute atomic E-state index is 10.5. The molecule has 1 aromatic carbocycles. The second-order valence-electron chi connectivity index (χ2n) is 2.58. The zero-order valence-corrected chi connectivity index (χ0v) is 8.40. The minimum absolute atomic E-state index is 0.0967. The maximum Gasteiger partial charge on any atom is 0.150 e. The first kappa shape index (κ1) is 11.1. The number of hydrogen-bond donors (Lipinski definition) is 0. The molecule has 0 N–H and O–H groups in total. The zero-order valence-electron chi connectivity index (χ0n) is 7.64. The van der Waals surface area contributed by atoms with Crippen molar-refractivity contribution in [1.29, 1.82) is 0 Å². The van der Waals surface area contributed by atoms with E-state index in [4.69, 9.17) is 17.1 Å². The number of rotatable bonds is 2. The number of hydrogen-bond acceptors (Lipinski definition) is 2. The largest absolute Gasteiger partial charge is 0.298 e. The standard InChI is InChI=1S/C10H6ClN3O/c11-10-5-8(2-1-3-13-14-12)4-9(6-10)7-15/h4-7H,3H2. The molecule has 0 aliphatic heterocycles. The minimum Gasteiger partial charge on any atom is -0.298 e. The highest BCUT2D eigenvalue weighted by Crippen LogP contribution is 2.13. The van der Waals surface area contributed by atoms with Crippen LogP contribution >= 0.6 is 11.6 Å². The second-order valence-corrected chi connectivity index (χ2v) is 3.02. The van der Waals surface area contributed by atoms with Crippen LogP contribution in [0.2, 0.25) is 5.02 Å². The molecule has 0 aliphatic rings. The molecule has 0 atom stereocenters. The molecule has 0 aromatic heterocycles. The van der Waals surface area contributed by atoms with E-state index in [2.05, 4.69) is 21.9 Å². The van der Waals surface area contributed by atoms with Gasteiger partial charge in [0.2, 0.25) is 0 Å².